The highest BCUT2D eigenvalue weighted by molar-refractivity contribution is 7.92. The molecular formula is C17H16ClFN4O4S. The highest BCUT2D eigenvalue weighted by atomic mass is 35.5. The SMILES string of the molecule is COc1cc(NS(=O)(=O)c2cncn2-c2ncc(CF)cc2Cl)cc(OC)c1. The van der Waals surface area contributed by atoms with E-state index in [0.717, 1.165) is 6.20 Å². The van der Waals surface area contributed by atoms with Gasteiger partial charge in [0.25, 0.3) is 10.0 Å². The van der Waals surface area contributed by atoms with Crippen LogP contribution in [0.3, 0.4) is 0 Å². The number of pyridine rings is 1. The van der Waals surface area contributed by atoms with Crippen LogP contribution in [0.2, 0.25) is 5.02 Å². The molecule has 0 radical (unpaired) electrons. The Balaban J connectivity index is 2.00. The zero-order chi connectivity index (χ0) is 20.3. The van der Waals surface area contributed by atoms with Crippen LogP contribution in [-0.2, 0) is 16.7 Å². The lowest BCUT2D eigenvalue weighted by atomic mass is 10.3. The third kappa shape index (κ3) is 4.02. The van der Waals surface area contributed by atoms with Crippen molar-refractivity contribution >= 4 is 27.3 Å². The van der Waals surface area contributed by atoms with Gasteiger partial charge in [0.05, 0.1) is 31.1 Å². The largest absolute Gasteiger partial charge is 0.497 e. The number of alkyl halides is 1. The molecule has 11 heteroatoms. The first-order chi connectivity index (χ1) is 13.4. The Morgan fingerprint density at radius 1 is 1.14 bits per heavy atom. The van der Waals surface area contributed by atoms with Crippen LogP contribution >= 0.6 is 11.6 Å². The topological polar surface area (TPSA) is 95.3 Å². The van der Waals surface area contributed by atoms with Gasteiger partial charge >= 0.3 is 0 Å². The fourth-order valence-electron chi connectivity index (χ4n) is 2.44. The Bertz CT molecular complexity index is 1080. The number of aromatic nitrogens is 3. The summed E-state index contributed by atoms with van der Waals surface area (Å²) in [6, 6.07) is 5.99. The van der Waals surface area contributed by atoms with Crippen molar-refractivity contribution in [2.45, 2.75) is 11.7 Å². The van der Waals surface area contributed by atoms with Gasteiger partial charge in [0.1, 0.15) is 24.5 Å². The average molecular weight is 427 g/mol. The number of rotatable bonds is 7. The van der Waals surface area contributed by atoms with Crippen LogP contribution in [0.15, 0.2) is 48.0 Å². The fourth-order valence-corrected chi connectivity index (χ4v) is 3.84. The van der Waals surface area contributed by atoms with E-state index in [1.165, 1.54) is 49.5 Å². The predicted molar refractivity (Wildman–Crippen MR) is 102 cm³/mol. The summed E-state index contributed by atoms with van der Waals surface area (Å²) >= 11 is 6.13. The third-order valence-corrected chi connectivity index (χ3v) is 5.38. The van der Waals surface area contributed by atoms with Crippen molar-refractivity contribution in [2.24, 2.45) is 0 Å². The van der Waals surface area contributed by atoms with E-state index in [0.29, 0.717) is 11.5 Å². The van der Waals surface area contributed by atoms with Crippen molar-refractivity contribution in [1.82, 2.24) is 14.5 Å². The van der Waals surface area contributed by atoms with Gasteiger partial charge < -0.3 is 9.47 Å². The molecule has 1 N–H and O–H groups in total. The molecule has 1 aromatic carbocycles. The number of imidazole rings is 1. The molecular weight excluding hydrogens is 411 g/mol. The molecule has 0 saturated carbocycles. The van der Waals surface area contributed by atoms with Crippen LogP contribution in [0.1, 0.15) is 5.56 Å². The normalized spacial score (nSPS) is 11.3. The summed E-state index contributed by atoms with van der Waals surface area (Å²) in [6.45, 7) is -0.735. The highest BCUT2D eigenvalue weighted by Crippen LogP contribution is 2.28. The van der Waals surface area contributed by atoms with Crippen LogP contribution in [-0.4, -0.2) is 37.2 Å². The minimum Gasteiger partial charge on any atom is -0.497 e. The molecule has 2 aromatic heterocycles. The first-order valence-corrected chi connectivity index (χ1v) is 9.73. The van der Waals surface area contributed by atoms with Crippen molar-refractivity contribution in [3.05, 3.63) is 53.6 Å². The predicted octanol–water partition coefficient (Wildman–Crippen LogP) is 3.21. The second-order valence-electron chi connectivity index (χ2n) is 5.59. The molecule has 0 amide bonds. The Kier molecular flexibility index (Phi) is 5.71. The maximum Gasteiger partial charge on any atom is 0.279 e. The van der Waals surface area contributed by atoms with Gasteiger partial charge in [-0.1, -0.05) is 11.6 Å². The number of hydrogen-bond donors (Lipinski definition) is 1. The molecule has 0 aliphatic heterocycles. The second-order valence-corrected chi connectivity index (χ2v) is 7.63. The number of halogens is 2. The maximum absolute atomic E-state index is 12.9. The number of anilines is 1. The average Bonchev–Trinajstić information content (AvgIpc) is 3.17. The van der Waals surface area contributed by atoms with Crippen molar-refractivity contribution in [3.8, 4) is 17.3 Å². The molecule has 0 spiro atoms. The molecule has 0 bridgehead atoms. The van der Waals surface area contributed by atoms with Crippen LogP contribution < -0.4 is 14.2 Å². The number of ether oxygens (including phenoxy) is 2. The summed E-state index contributed by atoms with van der Waals surface area (Å²) in [5.74, 6) is 0.939. The number of methoxy groups -OCH3 is 2. The zero-order valence-corrected chi connectivity index (χ0v) is 16.5. The van der Waals surface area contributed by atoms with Crippen LogP contribution in [0.25, 0.3) is 5.82 Å². The van der Waals surface area contributed by atoms with Gasteiger partial charge in [-0.25, -0.2) is 14.4 Å². The van der Waals surface area contributed by atoms with Gasteiger partial charge in [0.2, 0.25) is 0 Å². The fraction of sp³-hybridized carbons (Fsp3) is 0.176. The third-order valence-electron chi connectivity index (χ3n) is 3.74. The van der Waals surface area contributed by atoms with E-state index in [4.69, 9.17) is 21.1 Å². The smallest absolute Gasteiger partial charge is 0.279 e. The molecule has 0 fully saturated rings. The van der Waals surface area contributed by atoms with Gasteiger partial charge in [0.15, 0.2) is 10.8 Å². The lowest BCUT2D eigenvalue weighted by Crippen LogP contribution is -2.17. The molecule has 28 heavy (non-hydrogen) atoms. The number of nitrogens with zero attached hydrogens (tertiary/aromatic N) is 3. The van der Waals surface area contributed by atoms with Crippen molar-refractivity contribution in [3.63, 3.8) is 0 Å². The van der Waals surface area contributed by atoms with E-state index in [2.05, 4.69) is 14.7 Å². The van der Waals surface area contributed by atoms with Gasteiger partial charge in [0, 0.05) is 30.0 Å². The number of hydrogen-bond acceptors (Lipinski definition) is 6. The molecule has 0 unspecified atom stereocenters. The standard InChI is InChI=1S/C17H16ClFN4O4S/c1-26-13-4-12(5-14(6-13)27-2)22-28(24,25)16-9-20-10-23(16)17-15(18)3-11(7-19)8-21-17/h3-6,8-10,22H,7H2,1-2H3. The summed E-state index contributed by atoms with van der Waals surface area (Å²) in [4.78, 5) is 7.93. The molecule has 0 saturated heterocycles. The van der Waals surface area contributed by atoms with E-state index in [-0.39, 0.29) is 27.1 Å². The summed E-state index contributed by atoms with van der Waals surface area (Å²) in [7, 11) is -1.15. The molecule has 2 heterocycles. The van der Waals surface area contributed by atoms with E-state index in [1.807, 2.05) is 0 Å². The van der Waals surface area contributed by atoms with Crippen molar-refractivity contribution < 1.29 is 22.3 Å². The van der Waals surface area contributed by atoms with E-state index < -0.39 is 16.7 Å². The lowest BCUT2D eigenvalue weighted by molar-refractivity contribution is 0.395. The van der Waals surface area contributed by atoms with Gasteiger partial charge in [-0.3, -0.25) is 9.29 Å². The highest BCUT2D eigenvalue weighted by Gasteiger charge is 2.23. The van der Waals surface area contributed by atoms with Crippen LogP contribution in [0, 0.1) is 0 Å². The zero-order valence-electron chi connectivity index (χ0n) is 14.9. The minimum absolute atomic E-state index is 0.0904. The number of benzene rings is 1. The van der Waals surface area contributed by atoms with Gasteiger partial charge in [-0.05, 0) is 6.07 Å². The van der Waals surface area contributed by atoms with E-state index >= 15 is 0 Å². The molecule has 0 atom stereocenters. The van der Waals surface area contributed by atoms with Crippen LogP contribution in [0.4, 0.5) is 10.1 Å². The second kappa shape index (κ2) is 8.03. The Morgan fingerprint density at radius 2 is 1.82 bits per heavy atom. The van der Waals surface area contributed by atoms with Gasteiger partial charge in [-0.2, -0.15) is 8.42 Å². The molecule has 3 rings (SSSR count). The van der Waals surface area contributed by atoms with E-state index in [1.54, 1.807) is 6.07 Å². The molecule has 148 valence electrons. The monoisotopic (exact) mass is 426 g/mol. The van der Waals surface area contributed by atoms with Gasteiger partial charge in [-0.15, -0.1) is 0 Å². The van der Waals surface area contributed by atoms with Crippen molar-refractivity contribution in [1.29, 1.82) is 0 Å². The number of nitrogens with one attached hydrogen (secondary N) is 1. The summed E-state index contributed by atoms with van der Waals surface area (Å²) < 4.78 is 52.5. The summed E-state index contributed by atoms with van der Waals surface area (Å²) in [5, 5.41) is -0.107. The molecule has 8 nitrogen and oxygen atoms in total. The molecule has 3 aromatic rings. The van der Waals surface area contributed by atoms with Crippen LogP contribution in [0.5, 0.6) is 11.5 Å². The quantitative estimate of drug-likeness (QED) is 0.623. The van der Waals surface area contributed by atoms with E-state index in [9.17, 15) is 12.8 Å². The Labute approximate surface area is 166 Å². The molecule has 0 aliphatic carbocycles. The Hall–Kier alpha value is -2.85. The lowest BCUT2D eigenvalue weighted by Gasteiger charge is -2.13. The minimum atomic E-state index is -4.06. The first kappa shape index (κ1) is 19.9. The summed E-state index contributed by atoms with van der Waals surface area (Å²) in [5.41, 5.74) is 0.510. The number of sulfonamides is 1. The summed E-state index contributed by atoms with van der Waals surface area (Å²) in [6.07, 6.45) is 3.68. The molecule has 0 aliphatic rings. The maximum atomic E-state index is 12.9. The van der Waals surface area contributed by atoms with Crippen molar-refractivity contribution in [2.75, 3.05) is 18.9 Å². The first-order valence-electron chi connectivity index (χ1n) is 7.87. The Morgan fingerprint density at radius 3 is 2.39 bits per heavy atom.